The Bertz CT molecular complexity index is 1170. The van der Waals surface area contributed by atoms with Crippen LogP contribution in [0.2, 0.25) is 0 Å². The van der Waals surface area contributed by atoms with E-state index in [0.717, 1.165) is 12.1 Å². The van der Waals surface area contributed by atoms with E-state index in [1.54, 1.807) is 24.3 Å². The molecule has 1 aliphatic heterocycles. The average molecular weight is 430 g/mol. The molecule has 1 unspecified atom stereocenters. The SMILES string of the molecule is COc1ccc(C2CC(=O)Nc3c(C(=O)O)cn(-c4cccc(C(F)(F)F)c4)c32)cc1. The lowest BCUT2D eigenvalue weighted by atomic mass is 9.88. The van der Waals surface area contributed by atoms with Crippen LogP contribution in [0.5, 0.6) is 5.75 Å². The molecule has 0 fully saturated rings. The molecule has 4 rings (SSSR count). The zero-order valence-electron chi connectivity index (χ0n) is 16.2. The second kappa shape index (κ2) is 7.50. The van der Waals surface area contributed by atoms with Gasteiger partial charge in [-0.3, -0.25) is 4.79 Å². The van der Waals surface area contributed by atoms with Crippen LogP contribution >= 0.6 is 0 Å². The maximum absolute atomic E-state index is 13.2. The Hall–Kier alpha value is -3.75. The van der Waals surface area contributed by atoms with Crippen molar-refractivity contribution in [3.8, 4) is 11.4 Å². The minimum absolute atomic E-state index is 0.0152. The van der Waals surface area contributed by atoms with Crippen molar-refractivity contribution in [1.29, 1.82) is 0 Å². The first kappa shape index (κ1) is 20.5. The third kappa shape index (κ3) is 3.74. The highest BCUT2D eigenvalue weighted by molar-refractivity contribution is 6.04. The third-order valence-corrected chi connectivity index (χ3v) is 5.23. The van der Waals surface area contributed by atoms with Crippen molar-refractivity contribution >= 4 is 17.6 Å². The molecule has 0 aliphatic carbocycles. The number of methoxy groups -OCH3 is 1. The van der Waals surface area contributed by atoms with E-state index in [-0.39, 0.29) is 29.3 Å². The number of benzene rings is 2. The summed E-state index contributed by atoms with van der Waals surface area (Å²) in [4.78, 5) is 24.2. The number of fused-ring (bicyclic) bond motifs is 1. The molecular weight excluding hydrogens is 413 g/mol. The number of hydrogen-bond donors (Lipinski definition) is 2. The Morgan fingerprint density at radius 2 is 1.90 bits per heavy atom. The van der Waals surface area contributed by atoms with Crippen molar-refractivity contribution in [2.45, 2.75) is 18.5 Å². The van der Waals surface area contributed by atoms with Crippen LogP contribution in [-0.4, -0.2) is 28.7 Å². The molecule has 160 valence electrons. The summed E-state index contributed by atoms with van der Waals surface area (Å²) < 4.78 is 46.3. The quantitative estimate of drug-likeness (QED) is 0.630. The van der Waals surface area contributed by atoms with Gasteiger partial charge in [-0.2, -0.15) is 13.2 Å². The number of nitrogens with zero attached hydrogens (tertiary/aromatic N) is 1. The minimum atomic E-state index is -4.55. The molecule has 9 heteroatoms. The molecule has 31 heavy (non-hydrogen) atoms. The summed E-state index contributed by atoms with van der Waals surface area (Å²) in [7, 11) is 1.51. The minimum Gasteiger partial charge on any atom is -0.497 e. The van der Waals surface area contributed by atoms with E-state index in [9.17, 15) is 27.9 Å². The molecule has 0 radical (unpaired) electrons. The van der Waals surface area contributed by atoms with Crippen molar-refractivity contribution in [1.82, 2.24) is 4.57 Å². The molecular formula is C22H17F3N2O4. The molecule has 2 heterocycles. The summed E-state index contributed by atoms with van der Waals surface area (Å²) in [5.74, 6) is -1.63. The van der Waals surface area contributed by atoms with Gasteiger partial charge in [-0.05, 0) is 35.9 Å². The number of anilines is 1. The van der Waals surface area contributed by atoms with Crippen LogP contribution in [0.15, 0.2) is 54.7 Å². The number of carboxylic acid groups (broad SMARTS) is 1. The van der Waals surface area contributed by atoms with Crippen LogP contribution in [0.4, 0.5) is 18.9 Å². The van der Waals surface area contributed by atoms with E-state index < -0.39 is 23.6 Å². The van der Waals surface area contributed by atoms with Gasteiger partial charge in [-0.15, -0.1) is 0 Å². The van der Waals surface area contributed by atoms with Crippen LogP contribution in [0.3, 0.4) is 0 Å². The van der Waals surface area contributed by atoms with Gasteiger partial charge in [0, 0.05) is 24.2 Å². The Labute approximate surface area is 174 Å². The van der Waals surface area contributed by atoms with Crippen LogP contribution in [0.25, 0.3) is 5.69 Å². The zero-order chi connectivity index (χ0) is 22.3. The molecule has 6 nitrogen and oxygen atoms in total. The van der Waals surface area contributed by atoms with Crippen molar-refractivity contribution in [3.05, 3.63) is 77.1 Å². The van der Waals surface area contributed by atoms with Gasteiger partial charge in [-0.25, -0.2) is 4.79 Å². The van der Waals surface area contributed by atoms with E-state index in [4.69, 9.17) is 4.74 Å². The molecule has 1 aromatic heterocycles. The van der Waals surface area contributed by atoms with Crippen molar-refractivity contribution in [3.63, 3.8) is 0 Å². The predicted molar refractivity (Wildman–Crippen MR) is 106 cm³/mol. The highest BCUT2D eigenvalue weighted by atomic mass is 19.4. The molecule has 1 amide bonds. The number of aromatic nitrogens is 1. The summed E-state index contributed by atoms with van der Waals surface area (Å²) in [5, 5.41) is 12.2. The lowest BCUT2D eigenvalue weighted by Crippen LogP contribution is -2.25. The van der Waals surface area contributed by atoms with Crippen molar-refractivity contribution in [2.75, 3.05) is 12.4 Å². The number of carbonyl (C=O) groups is 2. The smallest absolute Gasteiger partial charge is 0.416 e. The largest absolute Gasteiger partial charge is 0.497 e. The highest BCUT2D eigenvalue weighted by Gasteiger charge is 2.35. The maximum Gasteiger partial charge on any atom is 0.416 e. The third-order valence-electron chi connectivity index (χ3n) is 5.23. The van der Waals surface area contributed by atoms with Crippen LogP contribution in [0.1, 0.15) is 39.5 Å². The lowest BCUT2D eigenvalue weighted by molar-refractivity contribution is -0.137. The fourth-order valence-corrected chi connectivity index (χ4v) is 3.79. The molecule has 0 bridgehead atoms. The molecule has 1 aliphatic rings. The fraction of sp³-hybridized carbons (Fsp3) is 0.182. The number of carbonyl (C=O) groups excluding carboxylic acids is 1. The predicted octanol–water partition coefficient (Wildman–Crippen LogP) is 4.68. The second-order valence-electron chi connectivity index (χ2n) is 7.10. The standard InChI is InChI=1S/C22H17F3N2O4/c1-31-15-7-5-12(6-8-15)16-10-18(28)26-19-17(21(29)30)11-27(20(16)19)14-4-2-3-13(9-14)22(23,24)25/h2-9,11,16H,10H2,1H3,(H,26,28)(H,29,30). The van der Waals surface area contributed by atoms with Crippen molar-refractivity contribution in [2.24, 2.45) is 0 Å². The Kier molecular flexibility index (Phi) is 4.96. The number of ether oxygens (including phenoxy) is 1. The van der Waals surface area contributed by atoms with Gasteiger partial charge < -0.3 is 19.7 Å². The second-order valence-corrected chi connectivity index (χ2v) is 7.10. The number of halogens is 3. The van der Waals surface area contributed by atoms with Gasteiger partial charge in [0.1, 0.15) is 11.3 Å². The molecule has 1 atom stereocenters. The Morgan fingerprint density at radius 3 is 2.52 bits per heavy atom. The van der Waals surface area contributed by atoms with Gasteiger partial charge >= 0.3 is 12.1 Å². The molecule has 0 saturated heterocycles. The highest BCUT2D eigenvalue weighted by Crippen LogP contribution is 2.42. The maximum atomic E-state index is 13.2. The lowest BCUT2D eigenvalue weighted by Gasteiger charge is -2.26. The van der Waals surface area contributed by atoms with E-state index >= 15 is 0 Å². The van der Waals surface area contributed by atoms with E-state index in [1.807, 2.05) is 0 Å². The van der Waals surface area contributed by atoms with Gasteiger partial charge in [0.2, 0.25) is 5.91 Å². The average Bonchev–Trinajstić information content (AvgIpc) is 3.12. The number of nitrogens with one attached hydrogen (secondary N) is 1. The van der Waals surface area contributed by atoms with E-state index in [0.29, 0.717) is 17.0 Å². The number of amides is 1. The first-order valence-corrected chi connectivity index (χ1v) is 9.29. The van der Waals surface area contributed by atoms with Crippen LogP contribution in [0, 0.1) is 0 Å². The monoisotopic (exact) mass is 430 g/mol. The fourth-order valence-electron chi connectivity index (χ4n) is 3.79. The number of carboxylic acids is 1. The summed E-state index contributed by atoms with van der Waals surface area (Å²) in [6.07, 6.45) is -3.30. The van der Waals surface area contributed by atoms with Crippen LogP contribution in [-0.2, 0) is 11.0 Å². The number of rotatable bonds is 4. The van der Waals surface area contributed by atoms with E-state index in [2.05, 4.69) is 5.32 Å². The molecule has 3 aromatic rings. The molecule has 2 N–H and O–H groups in total. The number of alkyl halides is 3. The first-order chi connectivity index (χ1) is 14.7. The van der Waals surface area contributed by atoms with Gasteiger partial charge in [0.05, 0.1) is 24.1 Å². The van der Waals surface area contributed by atoms with Gasteiger partial charge in [0.25, 0.3) is 0 Å². The van der Waals surface area contributed by atoms with Gasteiger partial charge in [0.15, 0.2) is 0 Å². The van der Waals surface area contributed by atoms with Crippen LogP contribution < -0.4 is 10.1 Å². The topological polar surface area (TPSA) is 80.6 Å². The van der Waals surface area contributed by atoms with Crippen molar-refractivity contribution < 1.29 is 32.6 Å². The number of hydrogen-bond acceptors (Lipinski definition) is 3. The summed E-state index contributed by atoms with van der Waals surface area (Å²) in [6.45, 7) is 0. The normalized spacial score (nSPS) is 15.9. The Morgan fingerprint density at radius 1 is 1.19 bits per heavy atom. The summed E-state index contributed by atoms with van der Waals surface area (Å²) in [5.41, 5.74) is 0.293. The molecule has 0 saturated carbocycles. The van der Waals surface area contributed by atoms with Gasteiger partial charge in [-0.1, -0.05) is 18.2 Å². The zero-order valence-corrected chi connectivity index (χ0v) is 16.2. The Balaban J connectivity index is 1.93. The number of aromatic carboxylic acids is 1. The van der Waals surface area contributed by atoms with E-state index in [1.165, 1.54) is 30.0 Å². The molecule has 2 aromatic carbocycles. The summed E-state index contributed by atoms with van der Waals surface area (Å²) >= 11 is 0. The molecule has 0 spiro atoms. The summed E-state index contributed by atoms with van der Waals surface area (Å²) in [6, 6.07) is 11.5. The first-order valence-electron chi connectivity index (χ1n) is 9.29.